The van der Waals surface area contributed by atoms with Gasteiger partial charge in [0, 0.05) is 5.69 Å². The number of anilines is 1. The lowest BCUT2D eigenvalue weighted by molar-refractivity contribution is -0.136. The summed E-state index contributed by atoms with van der Waals surface area (Å²) in [6.45, 7) is 2.99. The van der Waals surface area contributed by atoms with E-state index in [-0.39, 0.29) is 6.54 Å². The number of ether oxygens (including phenoxy) is 1. The number of nitrogens with one attached hydrogen (secondary N) is 2. The topological polar surface area (TPSA) is 80.6 Å². The number of hydrogen-bond acceptors (Lipinski definition) is 4. The Balaban J connectivity index is 1.75. The first-order chi connectivity index (χ1) is 11.7. The molecule has 6 nitrogen and oxygen atoms in total. The quantitative estimate of drug-likeness (QED) is 0.576. The summed E-state index contributed by atoms with van der Waals surface area (Å²) in [4.78, 5) is 23.5. The summed E-state index contributed by atoms with van der Waals surface area (Å²) in [5.74, 6) is -0.114. The van der Waals surface area contributed by atoms with E-state index in [2.05, 4.69) is 17.6 Å². The Morgan fingerprint density at radius 3 is 2.54 bits per heavy atom. The number of carbonyl (C=O) groups is 2. The molecule has 2 N–H and O–H groups in total. The van der Waals surface area contributed by atoms with Gasteiger partial charge in [-0.1, -0.05) is 19.8 Å². The Hall–Kier alpha value is -2.76. The molecule has 0 bridgehead atoms. The van der Waals surface area contributed by atoms with E-state index in [0.717, 1.165) is 25.0 Å². The van der Waals surface area contributed by atoms with Gasteiger partial charge in [-0.2, -0.15) is 0 Å². The van der Waals surface area contributed by atoms with E-state index >= 15 is 0 Å². The van der Waals surface area contributed by atoms with Crippen molar-refractivity contribution in [1.29, 1.82) is 0 Å². The highest BCUT2D eigenvalue weighted by Gasteiger charge is 2.13. The third kappa shape index (κ3) is 5.79. The lowest BCUT2D eigenvalue weighted by Gasteiger charge is -2.08. The van der Waals surface area contributed by atoms with E-state index in [1.54, 1.807) is 36.4 Å². The highest BCUT2D eigenvalue weighted by Crippen LogP contribution is 2.16. The van der Waals surface area contributed by atoms with Crippen LogP contribution in [-0.4, -0.2) is 18.4 Å². The first-order valence-corrected chi connectivity index (χ1v) is 8.03. The fourth-order valence-corrected chi connectivity index (χ4v) is 2.03. The molecule has 2 rings (SSSR count). The van der Waals surface area contributed by atoms with Crippen molar-refractivity contribution in [2.45, 2.75) is 32.7 Å². The SMILES string of the molecule is CCCCCOc1ccc(NC(=O)C(=O)NCc2ccco2)cc1. The van der Waals surface area contributed by atoms with E-state index in [0.29, 0.717) is 18.1 Å². The maximum atomic E-state index is 11.8. The van der Waals surface area contributed by atoms with Crippen LogP contribution in [0.5, 0.6) is 5.75 Å². The molecule has 0 aliphatic rings. The fourth-order valence-electron chi connectivity index (χ4n) is 2.03. The highest BCUT2D eigenvalue weighted by molar-refractivity contribution is 6.39. The molecule has 0 aliphatic carbocycles. The predicted octanol–water partition coefficient (Wildman–Crippen LogP) is 3.10. The molecule has 0 unspecified atom stereocenters. The minimum Gasteiger partial charge on any atom is -0.494 e. The van der Waals surface area contributed by atoms with Crippen molar-refractivity contribution in [3.05, 3.63) is 48.4 Å². The summed E-state index contributed by atoms with van der Waals surface area (Å²) in [5, 5.41) is 5.03. The maximum Gasteiger partial charge on any atom is 0.313 e. The van der Waals surface area contributed by atoms with Gasteiger partial charge in [0.15, 0.2) is 0 Å². The van der Waals surface area contributed by atoms with Gasteiger partial charge < -0.3 is 19.8 Å². The van der Waals surface area contributed by atoms with Crippen LogP contribution in [0, 0.1) is 0 Å². The van der Waals surface area contributed by atoms with Crippen molar-refractivity contribution in [2.24, 2.45) is 0 Å². The van der Waals surface area contributed by atoms with Crippen LogP contribution in [0.4, 0.5) is 5.69 Å². The molecule has 1 aromatic carbocycles. The van der Waals surface area contributed by atoms with Gasteiger partial charge in [0.25, 0.3) is 0 Å². The second-order valence-electron chi connectivity index (χ2n) is 5.30. The second-order valence-corrected chi connectivity index (χ2v) is 5.30. The minimum absolute atomic E-state index is 0.170. The zero-order valence-corrected chi connectivity index (χ0v) is 13.7. The predicted molar refractivity (Wildman–Crippen MR) is 90.6 cm³/mol. The molecule has 1 aromatic heterocycles. The summed E-state index contributed by atoms with van der Waals surface area (Å²) >= 11 is 0. The second kappa shape index (κ2) is 9.39. The number of unbranched alkanes of at least 4 members (excludes halogenated alkanes) is 2. The molecule has 0 aliphatic heterocycles. The molecule has 1 heterocycles. The van der Waals surface area contributed by atoms with Crippen LogP contribution in [0.25, 0.3) is 0 Å². The monoisotopic (exact) mass is 330 g/mol. The Labute approximate surface area is 141 Å². The van der Waals surface area contributed by atoms with Gasteiger partial charge in [0.2, 0.25) is 0 Å². The Morgan fingerprint density at radius 2 is 1.88 bits per heavy atom. The van der Waals surface area contributed by atoms with Gasteiger partial charge in [0.05, 0.1) is 19.4 Å². The van der Waals surface area contributed by atoms with Gasteiger partial charge in [-0.05, 0) is 42.8 Å². The highest BCUT2D eigenvalue weighted by atomic mass is 16.5. The lowest BCUT2D eigenvalue weighted by Crippen LogP contribution is -2.34. The molecule has 0 saturated carbocycles. The van der Waals surface area contributed by atoms with Crippen LogP contribution >= 0.6 is 0 Å². The molecule has 0 fully saturated rings. The van der Waals surface area contributed by atoms with Crippen molar-refractivity contribution >= 4 is 17.5 Å². The van der Waals surface area contributed by atoms with Gasteiger partial charge in [-0.3, -0.25) is 9.59 Å². The summed E-state index contributed by atoms with van der Waals surface area (Å²) in [7, 11) is 0. The maximum absolute atomic E-state index is 11.8. The Morgan fingerprint density at radius 1 is 1.08 bits per heavy atom. The average molecular weight is 330 g/mol. The first kappa shape index (κ1) is 17.6. The summed E-state index contributed by atoms with van der Waals surface area (Å²) in [6, 6.07) is 10.4. The zero-order chi connectivity index (χ0) is 17.2. The summed E-state index contributed by atoms with van der Waals surface area (Å²) < 4.78 is 10.7. The average Bonchev–Trinajstić information content (AvgIpc) is 3.11. The van der Waals surface area contributed by atoms with Crippen molar-refractivity contribution in [3.63, 3.8) is 0 Å². The standard InChI is InChI=1S/C18H22N2O4/c1-2-3-4-11-23-15-9-7-14(8-10-15)20-18(22)17(21)19-13-16-6-5-12-24-16/h5-10,12H,2-4,11,13H2,1H3,(H,19,21)(H,20,22). The molecular formula is C18H22N2O4. The van der Waals surface area contributed by atoms with Gasteiger partial charge in [0.1, 0.15) is 11.5 Å². The molecule has 0 radical (unpaired) electrons. The van der Waals surface area contributed by atoms with Crippen molar-refractivity contribution in [2.75, 3.05) is 11.9 Å². The van der Waals surface area contributed by atoms with E-state index in [9.17, 15) is 9.59 Å². The molecule has 6 heteroatoms. The number of carbonyl (C=O) groups excluding carboxylic acids is 2. The fraction of sp³-hybridized carbons (Fsp3) is 0.333. The molecule has 0 saturated heterocycles. The van der Waals surface area contributed by atoms with Crippen LogP contribution < -0.4 is 15.4 Å². The third-order valence-corrected chi connectivity index (χ3v) is 3.34. The van der Waals surface area contributed by atoms with Crippen molar-refractivity contribution in [1.82, 2.24) is 5.32 Å². The van der Waals surface area contributed by atoms with Gasteiger partial charge >= 0.3 is 11.8 Å². The van der Waals surface area contributed by atoms with Crippen molar-refractivity contribution < 1.29 is 18.7 Å². The lowest BCUT2D eigenvalue weighted by atomic mass is 10.2. The number of furan rings is 1. The van der Waals surface area contributed by atoms with Crippen molar-refractivity contribution in [3.8, 4) is 5.75 Å². The third-order valence-electron chi connectivity index (χ3n) is 3.34. The van der Waals surface area contributed by atoms with Gasteiger partial charge in [-0.25, -0.2) is 0 Å². The molecule has 0 atom stereocenters. The molecule has 24 heavy (non-hydrogen) atoms. The number of amides is 2. The van der Waals surface area contributed by atoms with Crippen LogP contribution in [0.2, 0.25) is 0 Å². The molecule has 128 valence electrons. The van der Waals surface area contributed by atoms with Crippen LogP contribution in [0.1, 0.15) is 31.9 Å². The van der Waals surface area contributed by atoms with Gasteiger partial charge in [-0.15, -0.1) is 0 Å². The molecule has 2 aromatic rings. The molecular weight excluding hydrogens is 308 g/mol. The van der Waals surface area contributed by atoms with E-state index in [4.69, 9.17) is 9.15 Å². The van der Waals surface area contributed by atoms with E-state index in [1.165, 1.54) is 6.26 Å². The van der Waals surface area contributed by atoms with E-state index < -0.39 is 11.8 Å². The smallest absolute Gasteiger partial charge is 0.313 e. The summed E-state index contributed by atoms with van der Waals surface area (Å²) in [5.41, 5.74) is 0.536. The molecule has 0 spiro atoms. The minimum atomic E-state index is -0.724. The van der Waals surface area contributed by atoms with Crippen LogP contribution in [0.15, 0.2) is 47.1 Å². The first-order valence-electron chi connectivity index (χ1n) is 8.03. The van der Waals surface area contributed by atoms with E-state index in [1.807, 2.05) is 0 Å². The number of benzene rings is 1. The Bertz CT molecular complexity index is 636. The van der Waals surface area contributed by atoms with Crippen LogP contribution in [-0.2, 0) is 16.1 Å². The normalized spacial score (nSPS) is 10.2. The number of rotatable bonds is 8. The zero-order valence-electron chi connectivity index (χ0n) is 13.7. The molecule has 2 amide bonds. The largest absolute Gasteiger partial charge is 0.494 e. The Kier molecular flexibility index (Phi) is 6.89. The summed E-state index contributed by atoms with van der Waals surface area (Å²) in [6.07, 6.45) is 4.82. The number of hydrogen-bond donors (Lipinski definition) is 2. The van der Waals surface area contributed by atoms with Crippen LogP contribution in [0.3, 0.4) is 0 Å².